The van der Waals surface area contributed by atoms with Gasteiger partial charge >= 0.3 is 5.97 Å². The number of aliphatic imine (C=N–C) groups is 1. The zero-order valence-electron chi connectivity index (χ0n) is 13.6. The molecule has 0 spiro atoms. The van der Waals surface area contributed by atoms with Gasteiger partial charge in [0.25, 0.3) is 0 Å². The largest absolute Gasteiger partial charge is 0.480 e. The topological polar surface area (TPSA) is 105 Å². The number of carboxylic acid groups (broad SMARTS) is 1. The second-order valence-electron chi connectivity index (χ2n) is 2.66. The predicted octanol–water partition coefficient (Wildman–Crippen LogP) is -0.945. The maximum Gasteiger partial charge on any atom is 0.320 e. The molecule has 0 bridgehead atoms. The van der Waals surface area contributed by atoms with Crippen LogP contribution in [0.4, 0.5) is 0 Å². The molecule has 1 atom stereocenters. The summed E-state index contributed by atoms with van der Waals surface area (Å²) in [6.07, 6.45) is 0.359. The van der Waals surface area contributed by atoms with Crippen LogP contribution in [0.1, 0.15) is 21.1 Å². The van der Waals surface area contributed by atoms with Crippen molar-refractivity contribution in [2.75, 3.05) is 20.5 Å². The average molecular weight is 208 g/mol. The predicted molar refractivity (Wildman–Crippen MR) is 55.0 cm³/mol. The van der Waals surface area contributed by atoms with Gasteiger partial charge in [-0.15, -0.1) is 0 Å². The SMILES string of the molecule is [2H]C([2H])([2H])N(C(N)=NCCC[C@@H](N)C(=O)O)C([2H])([2H])[2H]. The molecule has 0 aliphatic heterocycles. The Balaban J connectivity index is 4.65. The lowest BCUT2D eigenvalue weighted by atomic mass is 10.2. The fraction of sp³-hybridized carbons (Fsp3) is 0.750. The van der Waals surface area contributed by atoms with Gasteiger partial charge in [-0.3, -0.25) is 9.79 Å². The van der Waals surface area contributed by atoms with Gasteiger partial charge < -0.3 is 21.5 Å². The zero-order valence-corrected chi connectivity index (χ0v) is 7.60. The molecule has 0 unspecified atom stereocenters. The van der Waals surface area contributed by atoms with Crippen LogP contribution in [0.2, 0.25) is 0 Å². The van der Waals surface area contributed by atoms with Gasteiger partial charge in [-0.05, 0) is 12.8 Å². The fourth-order valence-corrected chi connectivity index (χ4v) is 0.699. The molecule has 0 aliphatic carbocycles. The van der Waals surface area contributed by atoms with E-state index >= 15 is 0 Å². The molecule has 0 amide bonds. The standard InChI is InChI=1S/C8H18N4O2/c1-12(2)8(10)11-5-3-4-6(9)7(13)14/h6H,3-5,9H2,1-2H3,(H2,10,11)(H,13,14)/t6-/m1/s1/i1D3,2D3. The van der Waals surface area contributed by atoms with Crippen LogP contribution >= 0.6 is 0 Å². The van der Waals surface area contributed by atoms with E-state index in [1.807, 2.05) is 0 Å². The van der Waals surface area contributed by atoms with Crippen LogP contribution in [-0.2, 0) is 4.79 Å². The number of nitrogens with two attached hydrogens (primary N) is 2. The van der Waals surface area contributed by atoms with Crippen LogP contribution in [0.25, 0.3) is 0 Å². The molecule has 0 saturated carbocycles. The van der Waals surface area contributed by atoms with Gasteiger partial charge in [0.1, 0.15) is 6.04 Å². The van der Waals surface area contributed by atoms with Gasteiger partial charge in [0.05, 0.1) is 0 Å². The molecule has 82 valence electrons. The van der Waals surface area contributed by atoms with Gasteiger partial charge in [0.2, 0.25) is 0 Å². The first-order chi connectivity index (χ1) is 8.87. The normalized spacial score (nSPS) is 21.9. The Morgan fingerprint density at radius 2 is 2.36 bits per heavy atom. The molecule has 6 nitrogen and oxygen atoms in total. The average Bonchev–Trinajstić information content (AvgIpc) is 2.19. The Bertz CT molecular complexity index is 353. The van der Waals surface area contributed by atoms with Crippen LogP contribution in [0.15, 0.2) is 4.99 Å². The lowest BCUT2D eigenvalue weighted by Crippen LogP contribution is -2.31. The molecule has 0 rings (SSSR count). The van der Waals surface area contributed by atoms with Crippen LogP contribution in [0.5, 0.6) is 0 Å². The summed E-state index contributed by atoms with van der Waals surface area (Å²) in [4.78, 5) is 14.2. The van der Waals surface area contributed by atoms with Crippen molar-refractivity contribution in [3.05, 3.63) is 0 Å². The van der Waals surface area contributed by atoms with E-state index in [4.69, 9.17) is 24.8 Å². The van der Waals surface area contributed by atoms with Gasteiger partial charge in [0, 0.05) is 28.7 Å². The van der Waals surface area contributed by atoms with Gasteiger partial charge in [-0.25, -0.2) is 0 Å². The Labute approximate surface area is 92.0 Å². The van der Waals surface area contributed by atoms with Crippen molar-refractivity contribution in [2.24, 2.45) is 16.5 Å². The number of carboxylic acids is 1. The quantitative estimate of drug-likeness (QED) is 0.307. The number of hydrogen-bond acceptors (Lipinski definition) is 3. The molecule has 6 heteroatoms. The molecule has 0 fully saturated rings. The summed E-state index contributed by atoms with van der Waals surface area (Å²) in [7, 11) is 0. The lowest BCUT2D eigenvalue weighted by Gasteiger charge is -2.10. The zero-order chi connectivity index (χ0) is 16.1. The summed E-state index contributed by atoms with van der Waals surface area (Å²) >= 11 is 0. The third kappa shape index (κ3) is 5.36. The Hall–Kier alpha value is -1.30. The monoisotopic (exact) mass is 208 g/mol. The van der Waals surface area contributed by atoms with Crippen molar-refractivity contribution < 1.29 is 18.1 Å². The van der Waals surface area contributed by atoms with Crippen molar-refractivity contribution >= 4 is 11.9 Å². The summed E-state index contributed by atoms with van der Waals surface area (Å²) < 4.78 is 42.7. The highest BCUT2D eigenvalue weighted by Crippen LogP contribution is 1.95. The minimum atomic E-state index is -2.95. The van der Waals surface area contributed by atoms with E-state index in [1.165, 1.54) is 0 Å². The molecule has 0 aromatic heterocycles. The molecule has 0 aliphatic rings. The number of hydrogen-bond donors (Lipinski definition) is 3. The first-order valence-corrected chi connectivity index (χ1v) is 3.96. The number of carbonyl (C=O) groups is 1. The van der Waals surface area contributed by atoms with Crippen molar-refractivity contribution in [1.82, 2.24) is 4.90 Å². The summed E-state index contributed by atoms with van der Waals surface area (Å²) in [6.45, 7) is -5.91. The molecule has 0 aromatic carbocycles. The molecule has 0 aromatic rings. The second kappa shape index (κ2) is 6.20. The van der Waals surface area contributed by atoms with E-state index < -0.39 is 31.9 Å². The van der Waals surface area contributed by atoms with E-state index in [0.717, 1.165) is 0 Å². The van der Waals surface area contributed by atoms with E-state index in [2.05, 4.69) is 4.99 Å². The summed E-state index contributed by atoms with van der Waals surface area (Å²) in [6, 6.07) is -1.05. The lowest BCUT2D eigenvalue weighted by molar-refractivity contribution is -0.138. The molecule has 5 N–H and O–H groups in total. The highest BCUT2D eigenvalue weighted by molar-refractivity contribution is 5.77. The molecule has 14 heavy (non-hydrogen) atoms. The van der Waals surface area contributed by atoms with E-state index in [-0.39, 0.29) is 24.3 Å². The third-order valence-corrected chi connectivity index (χ3v) is 1.49. The summed E-state index contributed by atoms with van der Waals surface area (Å²) in [5.74, 6) is -1.80. The highest BCUT2D eigenvalue weighted by atomic mass is 16.4. The van der Waals surface area contributed by atoms with Crippen LogP contribution in [0.3, 0.4) is 0 Å². The smallest absolute Gasteiger partial charge is 0.320 e. The summed E-state index contributed by atoms with van der Waals surface area (Å²) in [5, 5.41) is 8.55. The van der Waals surface area contributed by atoms with Crippen molar-refractivity contribution in [3.63, 3.8) is 0 Å². The van der Waals surface area contributed by atoms with E-state index in [9.17, 15) is 4.79 Å². The van der Waals surface area contributed by atoms with Crippen molar-refractivity contribution in [1.29, 1.82) is 0 Å². The Morgan fingerprint density at radius 3 is 2.86 bits per heavy atom. The van der Waals surface area contributed by atoms with Crippen LogP contribution in [-0.4, -0.2) is 48.5 Å². The van der Waals surface area contributed by atoms with Crippen molar-refractivity contribution in [2.45, 2.75) is 18.9 Å². The van der Waals surface area contributed by atoms with Gasteiger partial charge in [0.15, 0.2) is 5.96 Å². The fourth-order valence-electron chi connectivity index (χ4n) is 0.699. The minimum absolute atomic E-state index is 0.0184. The Morgan fingerprint density at radius 1 is 1.71 bits per heavy atom. The second-order valence-corrected chi connectivity index (χ2v) is 2.66. The molecule has 0 heterocycles. The first-order valence-electron chi connectivity index (χ1n) is 6.96. The van der Waals surface area contributed by atoms with Gasteiger partial charge in [-0.1, -0.05) is 0 Å². The van der Waals surface area contributed by atoms with Gasteiger partial charge in [-0.2, -0.15) is 0 Å². The van der Waals surface area contributed by atoms with E-state index in [1.54, 1.807) is 0 Å². The van der Waals surface area contributed by atoms with E-state index in [0.29, 0.717) is 0 Å². The molecule has 0 radical (unpaired) electrons. The first kappa shape index (κ1) is 5.55. The van der Waals surface area contributed by atoms with Crippen molar-refractivity contribution in [3.8, 4) is 0 Å². The minimum Gasteiger partial charge on any atom is -0.480 e. The maximum atomic E-state index is 10.5. The third-order valence-electron chi connectivity index (χ3n) is 1.49. The van der Waals surface area contributed by atoms with Crippen LogP contribution in [0, 0.1) is 0 Å². The summed E-state index contributed by atoms with van der Waals surface area (Å²) in [5.41, 5.74) is 10.6. The number of aliphatic carboxylic acids is 1. The molecular formula is C8H18N4O2. The molecular weight excluding hydrogens is 184 g/mol. The number of rotatable bonds is 5. The Kier molecular flexibility index (Phi) is 2.46. The van der Waals surface area contributed by atoms with Crippen LogP contribution < -0.4 is 11.5 Å². The molecule has 0 saturated heterocycles. The number of nitrogens with zero attached hydrogens (tertiary/aromatic N) is 2. The maximum absolute atomic E-state index is 10.5. The number of guanidine groups is 1. The highest BCUT2D eigenvalue weighted by Gasteiger charge is 2.09.